The van der Waals surface area contributed by atoms with E-state index in [0.717, 1.165) is 42.9 Å². The van der Waals surface area contributed by atoms with Gasteiger partial charge in [-0.2, -0.15) is 0 Å². The van der Waals surface area contributed by atoms with E-state index < -0.39 is 12.1 Å². The summed E-state index contributed by atoms with van der Waals surface area (Å²) in [5.74, 6) is -0.239. The van der Waals surface area contributed by atoms with Crippen LogP contribution in [0.15, 0.2) is 84.9 Å². The summed E-state index contributed by atoms with van der Waals surface area (Å²) < 4.78 is 29.9. The fourth-order valence-corrected chi connectivity index (χ4v) is 6.15. The minimum absolute atomic E-state index is 0.174. The second-order valence-corrected chi connectivity index (χ2v) is 10.3. The van der Waals surface area contributed by atoms with Gasteiger partial charge in [0.05, 0.1) is 12.1 Å². The predicted octanol–water partition coefficient (Wildman–Crippen LogP) is 7.54. The van der Waals surface area contributed by atoms with Gasteiger partial charge in [-0.05, 0) is 70.5 Å². The van der Waals surface area contributed by atoms with Crippen LogP contribution in [0.5, 0.6) is 0 Å². The highest BCUT2D eigenvalue weighted by Gasteiger charge is 2.40. The lowest BCUT2D eigenvalue weighted by Crippen LogP contribution is -2.40. The van der Waals surface area contributed by atoms with Crippen molar-refractivity contribution < 1.29 is 13.8 Å². The molecule has 0 saturated carbocycles. The van der Waals surface area contributed by atoms with Gasteiger partial charge in [-0.3, -0.25) is 4.79 Å². The molecule has 0 spiro atoms. The molecule has 4 aromatic rings. The van der Waals surface area contributed by atoms with Crippen LogP contribution in [0, 0.1) is 11.8 Å². The van der Waals surface area contributed by atoms with Crippen molar-refractivity contribution in [3.8, 4) is 0 Å². The number of carbonyl (C=O) groups is 1. The minimum Gasteiger partial charge on any atom is -0.299 e. The van der Waals surface area contributed by atoms with Gasteiger partial charge in [-0.15, -0.1) is 19.2 Å². The Balaban J connectivity index is 1.20. The molecule has 0 aliphatic carbocycles. The van der Waals surface area contributed by atoms with Gasteiger partial charge in [0.2, 0.25) is 0 Å². The third kappa shape index (κ3) is 4.42. The number of carbonyl (C=O) groups excluding carboxylic acids is 1. The SMILES string of the molecule is O=C(C1CCN(F)C(c2ccc3ccccc3c2)C1)C1CCN(F)C(c2ccc3ccccc3c2)C1. The first-order chi connectivity index (χ1) is 17.6. The number of halogens is 2. The van der Waals surface area contributed by atoms with Crippen molar-refractivity contribution in [2.45, 2.75) is 37.8 Å². The van der Waals surface area contributed by atoms with Crippen molar-refractivity contribution in [1.29, 1.82) is 0 Å². The molecule has 0 bridgehead atoms. The van der Waals surface area contributed by atoms with E-state index in [1.54, 1.807) is 0 Å². The smallest absolute Gasteiger partial charge is 0.139 e. The number of rotatable bonds is 4. The van der Waals surface area contributed by atoms with Gasteiger partial charge in [-0.25, -0.2) is 0 Å². The third-order valence-electron chi connectivity index (χ3n) is 8.20. The molecule has 2 heterocycles. The van der Waals surface area contributed by atoms with Crippen LogP contribution in [-0.2, 0) is 4.79 Å². The molecule has 184 valence electrons. The molecule has 4 aromatic carbocycles. The average molecular weight is 485 g/mol. The van der Waals surface area contributed by atoms with E-state index in [1.165, 1.54) is 0 Å². The fraction of sp³-hybridized carbons (Fsp3) is 0.323. The van der Waals surface area contributed by atoms with E-state index in [1.807, 2.05) is 84.9 Å². The highest BCUT2D eigenvalue weighted by atomic mass is 19.2. The zero-order chi connectivity index (χ0) is 24.6. The molecule has 3 nitrogen and oxygen atoms in total. The zero-order valence-corrected chi connectivity index (χ0v) is 20.2. The van der Waals surface area contributed by atoms with E-state index in [2.05, 4.69) is 0 Å². The molecule has 2 saturated heterocycles. The first kappa shape index (κ1) is 23.3. The molecule has 5 heteroatoms. The first-order valence-electron chi connectivity index (χ1n) is 12.9. The molecular formula is C31H30F2N2O. The number of benzene rings is 4. The van der Waals surface area contributed by atoms with E-state index in [4.69, 9.17) is 0 Å². The largest absolute Gasteiger partial charge is 0.299 e. The van der Waals surface area contributed by atoms with Gasteiger partial charge in [0.15, 0.2) is 0 Å². The van der Waals surface area contributed by atoms with Crippen LogP contribution in [0.4, 0.5) is 8.96 Å². The van der Waals surface area contributed by atoms with Gasteiger partial charge in [-0.1, -0.05) is 72.8 Å². The van der Waals surface area contributed by atoms with Gasteiger partial charge < -0.3 is 0 Å². The van der Waals surface area contributed by atoms with Gasteiger partial charge in [0.25, 0.3) is 0 Å². The van der Waals surface area contributed by atoms with Crippen molar-refractivity contribution in [3.05, 3.63) is 96.1 Å². The molecule has 0 radical (unpaired) electrons. The quantitative estimate of drug-likeness (QED) is 0.280. The molecule has 4 atom stereocenters. The Morgan fingerprint density at radius 1 is 0.611 bits per heavy atom. The van der Waals surface area contributed by atoms with Gasteiger partial charge in [0.1, 0.15) is 5.78 Å². The summed E-state index contributed by atoms with van der Waals surface area (Å²) in [5.41, 5.74) is 1.81. The fourth-order valence-electron chi connectivity index (χ4n) is 6.15. The molecule has 6 rings (SSSR count). The number of fused-ring (bicyclic) bond motifs is 2. The van der Waals surface area contributed by atoms with Crippen molar-refractivity contribution >= 4 is 27.3 Å². The molecular weight excluding hydrogens is 454 g/mol. The molecule has 2 aliphatic heterocycles. The number of Topliss-reactive ketones (excluding diaryl/α,β-unsaturated/α-hetero) is 1. The molecule has 0 aromatic heterocycles. The van der Waals surface area contributed by atoms with Crippen LogP contribution >= 0.6 is 0 Å². The van der Waals surface area contributed by atoms with E-state index in [9.17, 15) is 13.8 Å². The van der Waals surface area contributed by atoms with Crippen LogP contribution in [0.1, 0.15) is 48.9 Å². The number of nitrogens with zero attached hydrogens (tertiary/aromatic N) is 2. The topological polar surface area (TPSA) is 23.6 Å². The second-order valence-electron chi connectivity index (χ2n) is 10.3. The molecule has 0 N–H and O–H groups in total. The minimum atomic E-state index is -0.435. The summed E-state index contributed by atoms with van der Waals surface area (Å²) in [6, 6.07) is 27.3. The van der Waals surface area contributed by atoms with Gasteiger partial charge in [0, 0.05) is 24.9 Å². The molecule has 36 heavy (non-hydrogen) atoms. The highest BCUT2D eigenvalue weighted by molar-refractivity contribution is 5.85. The van der Waals surface area contributed by atoms with E-state index in [-0.39, 0.29) is 30.7 Å². The van der Waals surface area contributed by atoms with Crippen molar-refractivity contribution in [1.82, 2.24) is 10.2 Å². The number of ketones is 1. The maximum absolute atomic E-state index is 14.9. The van der Waals surface area contributed by atoms with E-state index in [0.29, 0.717) is 25.7 Å². The van der Waals surface area contributed by atoms with Crippen LogP contribution in [0.25, 0.3) is 21.5 Å². The Morgan fingerprint density at radius 2 is 1.03 bits per heavy atom. The lowest BCUT2D eigenvalue weighted by atomic mass is 9.76. The Bertz CT molecular complexity index is 1300. The lowest BCUT2D eigenvalue weighted by Gasteiger charge is -2.38. The van der Waals surface area contributed by atoms with E-state index >= 15 is 0 Å². The second kappa shape index (κ2) is 9.72. The van der Waals surface area contributed by atoms with Crippen molar-refractivity contribution in [2.75, 3.05) is 13.1 Å². The Hall–Kier alpha value is -3.15. The molecule has 0 amide bonds. The van der Waals surface area contributed by atoms with Crippen LogP contribution < -0.4 is 0 Å². The summed E-state index contributed by atoms with van der Waals surface area (Å²) >= 11 is 0. The Kier molecular flexibility index (Phi) is 6.28. The van der Waals surface area contributed by atoms with Crippen LogP contribution in [0.2, 0.25) is 0 Å². The zero-order valence-electron chi connectivity index (χ0n) is 20.2. The molecule has 2 fully saturated rings. The first-order valence-corrected chi connectivity index (χ1v) is 12.9. The standard InChI is InChI=1S/C31H30F2N2O/c32-34-15-13-27(19-29(34)25-11-9-21-5-1-3-7-23(21)17-25)31(36)28-14-16-35(33)30(20-28)26-12-10-22-6-2-4-8-24(22)18-26/h1-12,17-18,27-30H,13-16,19-20H2. The number of piperidine rings is 2. The monoisotopic (exact) mass is 484 g/mol. The Morgan fingerprint density at radius 3 is 1.47 bits per heavy atom. The highest BCUT2D eigenvalue weighted by Crippen LogP contribution is 2.41. The number of hydrogen-bond acceptors (Lipinski definition) is 3. The molecule has 4 unspecified atom stereocenters. The summed E-state index contributed by atoms with van der Waals surface area (Å²) in [5, 5.41) is 6.16. The Labute approximate surface area is 210 Å². The summed E-state index contributed by atoms with van der Waals surface area (Å²) in [4.78, 5) is 13.7. The average Bonchev–Trinajstić information content (AvgIpc) is 2.92. The third-order valence-corrected chi connectivity index (χ3v) is 8.20. The maximum Gasteiger partial charge on any atom is 0.139 e. The number of hydrogen-bond donors (Lipinski definition) is 0. The van der Waals surface area contributed by atoms with Crippen molar-refractivity contribution in [2.24, 2.45) is 11.8 Å². The van der Waals surface area contributed by atoms with Crippen molar-refractivity contribution in [3.63, 3.8) is 0 Å². The van der Waals surface area contributed by atoms with Gasteiger partial charge >= 0.3 is 0 Å². The predicted molar refractivity (Wildman–Crippen MR) is 139 cm³/mol. The van der Waals surface area contributed by atoms with Crippen LogP contribution in [0.3, 0.4) is 0 Å². The summed E-state index contributed by atoms with van der Waals surface area (Å²) in [6.07, 6.45) is 1.94. The summed E-state index contributed by atoms with van der Waals surface area (Å²) in [7, 11) is 0. The van der Waals surface area contributed by atoms with Crippen LogP contribution in [-0.4, -0.2) is 29.1 Å². The normalized spacial score (nSPS) is 25.8. The summed E-state index contributed by atoms with van der Waals surface area (Å²) in [6.45, 7) is 0.480. The lowest BCUT2D eigenvalue weighted by molar-refractivity contribution is -0.138. The molecule has 2 aliphatic rings. The maximum atomic E-state index is 14.9.